The zero-order valence-electron chi connectivity index (χ0n) is 28.5. The molecule has 0 aliphatic carbocycles. The van der Waals surface area contributed by atoms with E-state index in [0.717, 1.165) is 67.5 Å². The third-order valence-electron chi connectivity index (χ3n) is 10.2. The van der Waals surface area contributed by atoms with Crippen LogP contribution in [-0.2, 0) is 17.6 Å². The van der Waals surface area contributed by atoms with Gasteiger partial charge in [0.15, 0.2) is 0 Å². The molecule has 0 N–H and O–H groups in total. The van der Waals surface area contributed by atoms with Crippen LogP contribution in [-0.4, -0.2) is 26.4 Å². The van der Waals surface area contributed by atoms with E-state index in [2.05, 4.69) is 37.4 Å². The predicted molar refractivity (Wildman–Crippen MR) is 187 cm³/mol. The van der Waals surface area contributed by atoms with Crippen molar-refractivity contribution in [2.75, 3.05) is 14.2 Å². The van der Waals surface area contributed by atoms with Gasteiger partial charge in [0.1, 0.15) is 58.9 Å². The monoisotopic (exact) mass is 658 g/mol. The number of rotatable bonds is 8. The van der Waals surface area contributed by atoms with E-state index in [9.17, 15) is 0 Å². The lowest BCUT2D eigenvalue weighted by atomic mass is 9.88. The van der Waals surface area contributed by atoms with E-state index in [1.54, 1.807) is 14.2 Å². The van der Waals surface area contributed by atoms with Crippen LogP contribution in [0.5, 0.6) is 34.5 Å². The topological polar surface area (TPSA) is 64.6 Å². The molecular weight excluding hydrogens is 616 g/mol. The van der Waals surface area contributed by atoms with Crippen molar-refractivity contribution < 1.29 is 33.2 Å². The lowest BCUT2D eigenvalue weighted by Crippen LogP contribution is -2.27. The molecule has 0 bridgehead atoms. The van der Waals surface area contributed by atoms with E-state index in [4.69, 9.17) is 33.2 Å². The number of benzene rings is 4. The molecule has 4 aliphatic heterocycles. The smallest absolute Gasteiger partial charge is 0.136 e. The normalized spacial score (nSPS) is 24.5. The summed E-state index contributed by atoms with van der Waals surface area (Å²) in [7, 11) is 3.38. The average Bonchev–Trinajstić information content (AvgIpc) is 3.77. The minimum Gasteiger partial charge on any atom is -0.496 e. The summed E-state index contributed by atoms with van der Waals surface area (Å²) < 4.78 is 46.1. The van der Waals surface area contributed by atoms with Crippen LogP contribution in [0.1, 0.15) is 84.5 Å². The summed E-state index contributed by atoms with van der Waals surface area (Å²) in [6, 6.07) is 24.6. The van der Waals surface area contributed by atoms with Gasteiger partial charge in [-0.2, -0.15) is 0 Å². The van der Waals surface area contributed by atoms with Gasteiger partial charge in [0.05, 0.1) is 37.6 Å². The molecule has 6 atom stereocenters. The Labute approximate surface area is 288 Å². The van der Waals surface area contributed by atoms with Crippen LogP contribution < -0.4 is 28.4 Å². The summed E-state index contributed by atoms with van der Waals surface area (Å²) in [6.07, 6.45) is 1.04. The molecule has 0 saturated carbocycles. The number of hydrogen-bond donors (Lipinski definition) is 0. The van der Waals surface area contributed by atoms with Crippen molar-refractivity contribution in [3.63, 3.8) is 0 Å². The van der Waals surface area contributed by atoms with Crippen molar-refractivity contribution in [2.24, 2.45) is 0 Å². The lowest BCUT2D eigenvalue weighted by Gasteiger charge is -2.39. The first kappa shape index (κ1) is 31.4. The van der Waals surface area contributed by atoms with Crippen molar-refractivity contribution in [1.82, 2.24) is 0 Å². The van der Waals surface area contributed by atoms with Crippen LogP contribution >= 0.6 is 0 Å². The molecule has 7 nitrogen and oxygen atoms in total. The third-order valence-corrected chi connectivity index (χ3v) is 10.2. The van der Waals surface area contributed by atoms with Gasteiger partial charge in [-0.3, -0.25) is 0 Å². The summed E-state index contributed by atoms with van der Waals surface area (Å²) >= 11 is 0. The molecule has 4 heterocycles. The Morgan fingerprint density at radius 3 is 1.39 bits per heavy atom. The maximum absolute atomic E-state index is 7.41. The van der Waals surface area contributed by atoms with Gasteiger partial charge in [0.25, 0.3) is 0 Å². The van der Waals surface area contributed by atoms with Crippen molar-refractivity contribution in [2.45, 2.75) is 76.2 Å². The maximum Gasteiger partial charge on any atom is 0.136 e. The molecule has 0 unspecified atom stereocenters. The van der Waals surface area contributed by atoms with E-state index in [-0.39, 0.29) is 36.6 Å². The number of fused-ring (bicyclic) bond motifs is 6. The van der Waals surface area contributed by atoms with Crippen LogP contribution in [0.2, 0.25) is 0 Å². The number of methoxy groups -OCH3 is 2. The molecule has 0 spiro atoms. The summed E-state index contributed by atoms with van der Waals surface area (Å²) in [5, 5.41) is 0. The number of ether oxygens (including phenoxy) is 7. The zero-order chi connectivity index (χ0) is 33.8. The quantitative estimate of drug-likeness (QED) is 0.175. The van der Waals surface area contributed by atoms with Crippen molar-refractivity contribution in [1.29, 1.82) is 0 Å². The first-order chi connectivity index (χ1) is 23.8. The summed E-state index contributed by atoms with van der Waals surface area (Å²) in [5.74, 6) is 4.43. The van der Waals surface area contributed by atoms with Gasteiger partial charge in [-0.05, 0) is 36.1 Å². The van der Waals surface area contributed by atoms with Gasteiger partial charge in [0.2, 0.25) is 0 Å². The second-order valence-electron chi connectivity index (χ2n) is 13.5. The second-order valence-corrected chi connectivity index (χ2v) is 13.5. The molecule has 8 rings (SSSR count). The summed E-state index contributed by atoms with van der Waals surface area (Å²) in [6.45, 7) is 12.4. The highest BCUT2D eigenvalue weighted by atomic mass is 16.5. The molecule has 7 heteroatoms. The molecule has 0 amide bonds. The molecule has 0 fully saturated rings. The molecule has 0 radical (unpaired) electrons. The maximum atomic E-state index is 7.41. The highest BCUT2D eigenvalue weighted by Gasteiger charge is 2.44. The Morgan fingerprint density at radius 2 is 1.02 bits per heavy atom. The van der Waals surface area contributed by atoms with Crippen molar-refractivity contribution in [3.8, 4) is 34.5 Å². The Kier molecular flexibility index (Phi) is 8.03. The lowest BCUT2D eigenvalue weighted by molar-refractivity contribution is -0.0757. The molecule has 252 valence electrons. The summed E-state index contributed by atoms with van der Waals surface area (Å²) in [4.78, 5) is 0. The largest absolute Gasteiger partial charge is 0.496 e. The fraction of sp³-hybridized carbons (Fsp3) is 0.333. The fourth-order valence-corrected chi connectivity index (χ4v) is 7.66. The van der Waals surface area contributed by atoms with Gasteiger partial charge >= 0.3 is 0 Å². The molecule has 0 saturated heterocycles. The van der Waals surface area contributed by atoms with Crippen LogP contribution in [0.15, 0.2) is 97.1 Å². The molecular formula is C42H42O7. The van der Waals surface area contributed by atoms with E-state index >= 15 is 0 Å². The number of hydrogen-bond acceptors (Lipinski definition) is 7. The minimum absolute atomic E-state index is 0.128. The molecule has 4 aromatic carbocycles. The molecule has 0 aromatic heterocycles. The predicted octanol–water partition coefficient (Wildman–Crippen LogP) is 9.31. The van der Waals surface area contributed by atoms with Crippen molar-refractivity contribution >= 4 is 0 Å². The standard InChI is InChI=1S/C42H42O7/c1-23(2)29-17-27-33(45-29)21-35(43-5)39-37(19-31(48-41(27)39)25-13-9-7-10-14-25)47-38-20-32(26-15-11-8-12-16-26)49-42-28-18-30(24(3)4)46-34(28)22-36(44-6)40(38)42/h7-16,21-22,29-32,37-38H,1,3,17-20H2,2,4-6H3/t29-,30+,31-,32+,37-,38+. The zero-order valence-corrected chi connectivity index (χ0v) is 28.5. The van der Waals surface area contributed by atoms with E-state index < -0.39 is 0 Å². The van der Waals surface area contributed by atoms with Gasteiger partial charge in [-0.15, -0.1) is 0 Å². The van der Waals surface area contributed by atoms with E-state index in [1.165, 1.54) is 0 Å². The third kappa shape index (κ3) is 5.50. The van der Waals surface area contributed by atoms with Crippen LogP contribution in [0.4, 0.5) is 0 Å². The Hall–Kier alpha value is -4.88. The van der Waals surface area contributed by atoms with Gasteiger partial charge in [0, 0.05) is 48.9 Å². The van der Waals surface area contributed by atoms with Gasteiger partial charge in [-0.1, -0.05) is 73.8 Å². The highest BCUT2D eigenvalue weighted by molar-refractivity contribution is 5.63. The van der Waals surface area contributed by atoms with Crippen LogP contribution in [0.25, 0.3) is 0 Å². The Balaban J connectivity index is 1.26. The molecule has 4 aliphatic rings. The van der Waals surface area contributed by atoms with Gasteiger partial charge in [-0.25, -0.2) is 0 Å². The van der Waals surface area contributed by atoms with Crippen molar-refractivity contribution in [3.05, 3.63) is 130 Å². The first-order valence-corrected chi connectivity index (χ1v) is 17.0. The Bertz CT molecular complexity index is 1780. The van der Waals surface area contributed by atoms with Gasteiger partial charge < -0.3 is 33.2 Å². The van der Waals surface area contributed by atoms with Crippen LogP contribution in [0.3, 0.4) is 0 Å². The Morgan fingerprint density at radius 1 is 0.612 bits per heavy atom. The second kappa shape index (κ2) is 12.5. The minimum atomic E-state index is -0.372. The summed E-state index contributed by atoms with van der Waals surface area (Å²) in [5.41, 5.74) is 7.94. The highest BCUT2D eigenvalue weighted by Crippen LogP contribution is 2.58. The van der Waals surface area contributed by atoms with E-state index in [1.807, 2.05) is 62.4 Å². The fourth-order valence-electron chi connectivity index (χ4n) is 7.66. The first-order valence-electron chi connectivity index (χ1n) is 17.0. The van der Waals surface area contributed by atoms with Crippen LogP contribution in [0, 0.1) is 0 Å². The SMILES string of the molecule is C=C(C)[C@@H]1Cc2c(cc(OC)c3c2O[C@H](c2ccccc2)C[C@@H]3O[C@@H]2C[C@H](c3ccccc3)Oc3c4c(cc(OC)c32)O[C@@H](C(=C)C)C4)O1. The van der Waals surface area contributed by atoms with E-state index in [0.29, 0.717) is 37.2 Å². The molecule has 4 aromatic rings. The molecule has 49 heavy (non-hydrogen) atoms. The average molecular weight is 659 g/mol.